The number of nitrogens with one attached hydrogen (secondary N) is 1. The van der Waals surface area contributed by atoms with Crippen molar-refractivity contribution in [3.8, 4) is 0 Å². The third kappa shape index (κ3) is 1.78. The number of aromatic nitrogens is 1. The Labute approximate surface area is 61.5 Å². The first-order valence-corrected chi connectivity index (χ1v) is 3.52. The number of amides is 1. The van der Waals surface area contributed by atoms with E-state index in [0.29, 0.717) is 5.01 Å². The molecule has 0 atom stereocenters. The highest BCUT2D eigenvalue weighted by Gasteiger charge is 2.01. The molecule has 0 saturated carbocycles. The molecule has 2 N–H and O–H groups in total. The summed E-state index contributed by atoms with van der Waals surface area (Å²) in [4.78, 5) is 14.3. The van der Waals surface area contributed by atoms with Gasteiger partial charge in [0.1, 0.15) is 5.01 Å². The fourth-order valence-electron chi connectivity index (χ4n) is 0.517. The van der Waals surface area contributed by atoms with Crippen LogP contribution < -0.4 is 5.48 Å². The Bertz CT molecular complexity index is 209. The van der Waals surface area contributed by atoms with Crippen molar-refractivity contribution in [2.75, 3.05) is 0 Å². The second-order valence-electron chi connectivity index (χ2n) is 1.64. The molecule has 0 aromatic carbocycles. The van der Waals surface area contributed by atoms with Gasteiger partial charge in [0.2, 0.25) is 5.91 Å². The molecule has 0 fully saturated rings. The van der Waals surface area contributed by atoms with Crippen molar-refractivity contribution in [2.24, 2.45) is 0 Å². The second-order valence-corrected chi connectivity index (χ2v) is 2.62. The quantitative estimate of drug-likeness (QED) is 0.477. The van der Waals surface area contributed by atoms with Gasteiger partial charge in [0, 0.05) is 11.6 Å². The first kappa shape index (κ1) is 7.17. The average molecular weight is 158 g/mol. The molecular formula is C5H6N2O2S. The Morgan fingerprint density at radius 2 is 2.70 bits per heavy atom. The van der Waals surface area contributed by atoms with Crippen LogP contribution in [0.5, 0.6) is 0 Å². The van der Waals surface area contributed by atoms with E-state index in [-0.39, 0.29) is 6.42 Å². The van der Waals surface area contributed by atoms with Crippen molar-refractivity contribution in [3.05, 3.63) is 16.6 Å². The Morgan fingerprint density at radius 3 is 3.20 bits per heavy atom. The van der Waals surface area contributed by atoms with Crippen LogP contribution in [0.15, 0.2) is 11.6 Å². The molecule has 5 heteroatoms. The lowest BCUT2D eigenvalue weighted by Crippen LogP contribution is -2.20. The fraction of sp³-hybridized carbons (Fsp3) is 0.200. The monoisotopic (exact) mass is 158 g/mol. The molecule has 1 aromatic heterocycles. The van der Waals surface area contributed by atoms with Gasteiger partial charge >= 0.3 is 0 Å². The van der Waals surface area contributed by atoms with Crippen molar-refractivity contribution in [3.63, 3.8) is 0 Å². The number of carbonyl (C=O) groups excluding carboxylic acids is 1. The Balaban J connectivity index is 2.48. The van der Waals surface area contributed by atoms with Gasteiger partial charge in [-0.15, -0.1) is 11.3 Å². The van der Waals surface area contributed by atoms with Gasteiger partial charge in [-0.2, -0.15) is 0 Å². The average Bonchev–Trinajstić information content (AvgIpc) is 2.40. The first-order chi connectivity index (χ1) is 4.83. The SMILES string of the molecule is O=C(Cc1nccs1)NO. The molecule has 4 nitrogen and oxygen atoms in total. The number of hydroxylamine groups is 1. The van der Waals surface area contributed by atoms with Gasteiger partial charge in [-0.25, -0.2) is 10.5 Å². The van der Waals surface area contributed by atoms with Gasteiger partial charge in [0.05, 0.1) is 6.42 Å². The zero-order chi connectivity index (χ0) is 7.40. The predicted octanol–water partition coefficient (Wildman–Crippen LogP) is 0.191. The van der Waals surface area contributed by atoms with Crippen molar-refractivity contribution in [2.45, 2.75) is 6.42 Å². The molecular weight excluding hydrogens is 152 g/mol. The van der Waals surface area contributed by atoms with E-state index in [0.717, 1.165) is 0 Å². The standard InChI is InChI=1S/C5H6N2O2S/c8-4(7-9)3-5-6-1-2-10-5/h1-2,9H,3H2,(H,7,8). The normalized spacial score (nSPS) is 9.30. The first-order valence-electron chi connectivity index (χ1n) is 2.64. The van der Waals surface area contributed by atoms with E-state index in [1.807, 2.05) is 0 Å². The summed E-state index contributed by atoms with van der Waals surface area (Å²) in [6.07, 6.45) is 1.76. The summed E-state index contributed by atoms with van der Waals surface area (Å²) in [5.74, 6) is -0.435. The number of rotatable bonds is 2. The minimum atomic E-state index is -0.435. The molecule has 1 rings (SSSR count). The number of carbonyl (C=O) groups is 1. The molecule has 54 valence electrons. The predicted molar refractivity (Wildman–Crippen MR) is 35.7 cm³/mol. The topological polar surface area (TPSA) is 62.2 Å². The molecule has 0 unspecified atom stereocenters. The van der Waals surface area contributed by atoms with Gasteiger partial charge in [0.15, 0.2) is 0 Å². The lowest BCUT2D eigenvalue weighted by atomic mass is 10.4. The summed E-state index contributed by atoms with van der Waals surface area (Å²) in [6.45, 7) is 0. The van der Waals surface area contributed by atoms with Gasteiger partial charge in [-0.05, 0) is 0 Å². The van der Waals surface area contributed by atoms with E-state index in [2.05, 4.69) is 4.98 Å². The second kappa shape index (κ2) is 3.28. The molecule has 10 heavy (non-hydrogen) atoms. The van der Waals surface area contributed by atoms with Crippen LogP contribution in [0, 0.1) is 0 Å². The summed E-state index contributed by atoms with van der Waals surface area (Å²) in [5.41, 5.74) is 1.53. The summed E-state index contributed by atoms with van der Waals surface area (Å²) < 4.78 is 0. The summed E-state index contributed by atoms with van der Waals surface area (Å²) in [5, 5.41) is 10.6. The highest BCUT2D eigenvalue weighted by atomic mass is 32.1. The zero-order valence-corrected chi connectivity index (χ0v) is 5.89. The summed E-state index contributed by atoms with van der Waals surface area (Å²) in [7, 11) is 0. The maximum atomic E-state index is 10.5. The van der Waals surface area contributed by atoms with Crippen molar-refractivity contribution in [1.29, 1.82) is 0 Å². The van der Waals surface area contributed by atoms with Gasteiger partial charge in [-0.3, -0.25) is 10.0 Å². The van der Waals surface area contributed by atoms with Gasteiger partial charge < -0.3 is 0 Å². The molecule has 0 aliphatic heterocycles. The van der Waals surface area contributed by atoms with Gasteiger partial charge in [-0.1, -0.05) is 0 Å². The molecule has 0 aliphatic carbocycles. The van der Waals surface area contributed by atoms with Crippen LogP contribution in [-0.2, 0) is 11.2 Å². The zero-order valence-electron chi connectivity index (χ0n) is 5.07. The number of hydrogen-bond donors (Lipinski definition) is 2. The van der Waals surface area contributed by atoms with Gasteiger partial charge in [0.25, 0.3) is 0 Å². The maximum Gasteiger partial charge on any atom is 0.250 e. The molecule has 0 spiro atoms. The van der Waals surface area contributed by atoms with E-state index in [1.54, 1.807) is 11.6 Å². The van der Waals surface area contributed by atoms with Crippen LogP contribution in [0.1, 0.15) is 5.01 Å². The number of thiazole rings is 1. The summed E-state index contributed by atoms with van der Waals surface area (Å²) >= 11 is 1.38. The van der Waals surface area contributed by atoms with Crippen LogP contribution in [0.2, 0.25) is 0 Å². The Morgan fingerprint density at radius 1 is 1.90 bits per heavy atom. The van der Waals surface area contributed by atoms with E-state index < -0.39 is 5.91 Å². The highest BCUT2D eigenvalue weighted by molar-refractivity contribution is 7.09. The number of nitrogens with zero attached hydrogens (tertiary/aromatic N) is 1. The lowest BCUT2D eigenvalue weighted by Gasteiger charge is -1.91. The van der Waals surface area contributed by atoms with E-state index in [9.17, 15) is 4.79 Å². The van der Waals surface area contributed by atoms with Crippen LogP contribution in [0.25, 0.3) is 0 Å². The smallest absolute Gasteiger partial charge is 0.250 e. The number of hydrogen-bond acceptors (Lipinski definition) is 4. The third-order valence-corrected chi connectivity index (χ3v) is 1.70. The highest BCUT2D eigenvalue weighted by Crippen LogP contribution is 2.03. The van der Waals surface area contributed by atoms with Crippen LogP contribution in [0.4, 0.5) is 0 Å². The van der Waals surface area contributed by atoms with Crippen LogP contribution in [-0.4, -0.2) is 16.1 Å². The minimum Gasteiger partial charge on any atom is -0.289 e. The Hall–Kier alpha value is -0.940. The Kier molecular flexibility index (Phi) is 2.35. The molecule has 1 heterocycles. The fourth-order valence-corrected chi connectivity index (χ4v) is 1.13. The summed E-state index contributed by atoms with van der Waals surface area (Å²) in [6, 6.07) is 0. The van der Waals surface area contributed by atoms with E-state index >= 15 is 0 Å². The minimum absolute atomic E-state index is 0.147. The molecule has 1 aromatic rings. The lowest BCUT2D eigenvalue weighted by molar-refractivity contribution is -0.128. The maximum absolute atomic E-state index is 10.5. The molecule has 0 radical (unpaired) electrons. The van der Waals surface area contributed by atoms with Crippen molar-refractivity contribution >= 4 is 17.2 Å². The molecule has 0 bridgehead atoms. The van der Waals surface area contributed by atoms with Crippen LogP contribution in [0.3, 0.4) is 0 Å². The largest absolute Gasteiger partial charge is 0.289 e. The molecule has 1 amide bonds. The van der Waals surface area contributed by atoms with Crippen LogP contribution >= 0.6 is 11.3 Å². The van der Waals surface area contributed by atoms with E-state index in [1.165, 1.54) is 16.8 Å². The third-order valence-electron chi connectivity index (χ3n) is 0.920. The van der Waals surface area contributed by atoms with Crippen molar-refractivity contribution in [1.82, 2.24) is 10.5 Å². The molecule has 0 aliphatic rings. The van der Waals surface area contributed by atoms with E-state index in [4.69, 9.17) is 5.21 Å². The molecule has 0 saturated heterocycles. The van der Waals surface area contributed by atoms with Crippen molar-refractivity contribution < 1.29 is 10.0 Å².